The largest absolute Gasteiger partial charge is 0.497 e. The fraction of sp³-hybridized carbons (Fsp3) is 0.385. The van der Waals surface area contributed by atoms with Gasteiger partial charge in [0.15, 0.2) is 6.10 Å². The summed E-state index contributed by atoms with van der Waals surface area (Å²) in [5, 5.41) is 0. The van der Waals surface area contributed by atoms with Gasteiger partial charge >= 0.3 is 5.97 Å². The van der Waals surface area contributed by atoms with Crippen LogP contribution in [0.5, 0.6) is 5.75 Å². The second-order valence-corrected chi connectivity index (χ2v) is 4.40. The Hall–Kier alpha value is -2.24. The van der Waals surface area contributed by atoms with Crippen LogP contribution in [0.2, 0.25) is 0 Å². The van der Waals surface area contributed by atoms with Crippen molar-refractivity contribution in [2.24, 2.45) is 0 Å². The number of amides is 1. The van der Waals surface area contributed by atoms with Crippen molar-refractivity contribution in [3.63, 3.8) is 0 Å². The molecule has 0 bridgehead atoms. The number of carbonyl (C=O) groups is 2. The van der Waals surface area contributed by atoms with Gasteiger partial charge in [-0.25, -0.2) is 4.79 Å². The highest BCUT2D eigenvalue weighted by Crippen LogP contribution is 2.22. The van der Waals surface area contributed by atoms with Crippen molar-refractivity contribution >= 4 is 17.6 Å². The van der Waals surface area contributed by atoms with Crippen LogP contribution in [-0.2, 0) is 9.53 Å². The molecule has 0 aromatic heterocycles. The maximum Gasteiger partial charge on any atom is 0.341 e. The summed E-state index contributed by atoms with van der Waals surface area (Å²) < 4.78 is 10.2. The number of anilines is 1. The minimum absolute atomic E-state index is 0.185. The van der Waals surface area contributed by atoms with E-state index in [1.807, 2.05) is 0 Å². The lowest BCUT2D eigenvalue weighted by Crippen LogP contribution is -2.29. The second kappa shape index (κ2) is 5.17. The van der Waals surface area contributed by atoms with Gasteiger partial charge in [-0.2, -0.15) is 0 Å². The van der Waals surface area contributed by atoms with E-state index >= 15 is 0 Å². The third-order valence-electron chi connectivity index (χ3n) is 3.11. The first-order valence-corrected chi connectivity index (χ1v) is 5.92. The predicted octanol–water partition coefficient (Wildman–Crippen LogP) is 0.665. The number of methoxy groups -OCH3 is 1. The lowest BCUT2D eigenvalue weighted by atomic mass is 10.1. The molecule has 1 saturated heterocycles. The molecule has 6 nitrogen and oxygen atoms in total. The fourth-order valence-corrected chi connectivity index (χ4v) is 1.93. The number of nitrogens with two attached hydrogens (primary N) is 1. The van der Waals surface area contributed by atoms with Crippen LogP contribution in [0.1, 0.15) is 16.8 Å². The summed E-state index contributed by atoms with van der Waals surface area (Å²) in [6, 6.07) is 4.72. The van der Waals surface area contributed by atoms with E-state index in [0.717, 1.165) is 0 Å². The van der Waals surface area contributed by atoms with Crippen LogP contribution in [0.15, 0.2) is 18.2 Å². The molecule has 1 atom stereocenters. The van der Waals surface area contributed by atoms with E-state index in [4.69, 9.17) is 15.2 Å². The molecule has 0 saturated carbocycles. The molecule has 1 fully saturated rings. The van der Waals surface area contributed by atoms with Crippen molar-refractivity contribution < 1.29 is 19.1 Å². The quantitative estimate of drug-likeness (QED) is 0.640. The van der Waals surface area contributed by atoms with Crippen molar-refractivity contribution in [3.05, 3.63) is 23.8 Å². The zero-order valence-corrected chi connectivity index (χ0v) is 10.9. The third kappa shape index (κ3) is 2.62. The van der Waals surface area contributed by atoms with E-state index in [1.54, 1.807) is 19.2 Å². The molecular formula is C13H16N2O4. The molecule has 2 rings (SSSR count). The van der Waals surface area contributed by atoms with Crippen LogP contribution < -0.4 is 10.5 Å². The van der Waals surface area contributed by atoms with Gasteiger partial charge in [0.25, 0.3) is 5.91 Å². The Morgan fingerprint density at radius 1 is 1.47 bits per heavy atom. The maximum atomic E-state index is 12.0. The molecule has 0 spiro atoms. The Bertz CT molecular complexity index is 515. The first-order chi connectivity index (χ1) is 9.02. The fourth-order valence-electron chi connectivity index (χ4n) is 1.93. The smallest absolute Gasteiger partial charge is 0.341 e. The number of nitrogen functional groups attached to an aromatic ring is 1. The molecule has 1 aromatic carbocycles. The number of likely N-dealkylation sites (tertiary alicyclic amines) is 1. The van der Waals surface area contributed by atoms with Gasteiger partial charge in [0, 0.05) is 25.7 Å². The number of nitrogens with zero attached hydrogens (tertiary/aromatic N) is 1. The van der Waals surface area contributed by atoms with Crippen molar-refractivity contribution in [1.29, 1.82) is 0 Å². The topological polar surface area (TPSA) is 81.9 Å². The minimum atomic E-state index is -0.719. The Kier molecular flexibility index (Phi) is 3.59. The highest BCUT2D eigenvalue weighted by Gasteiger charge is 2.32. The van der Waals surface area contributed by atoms with Gasteiger partial charge < -0.3 is 20.1 Å². The van der Waals surface area contributed by atoms with Crippen LogP contribution in [0.25, 0.3) is 0 Å². The summed E-state index contributed by atoms with van der Waals surface area (Å²) in [6.45, 7) is 0.588. The van der Waals surface area contributed by atoms with E-state index in [0.29, 0.717) is 24.4 Å². The molecule has 0 radical (unpaired) electrons. The molecule has 1 aliphatic rings. The highest BCUT2D eigenvalue weighted by atomic mass is 16.5. The molecule has 1 aliphatic heterocycles. The SMILES string of the molecule is COc1ccc(N)c(C(=O)OC2CCN(C)C2=O)c1. The first-order valence-electron chi connectivity index (χ1n) is 5.92. The van der Waals surface area contributed by atoms with Gasteiger partial charge in [-0.1, -0.05) is 0 Å². The van der Waals surface area contributed by atoms with Crippen LogP contribution in [-0.4, -0.2) is 43.6 Å². The molecule has 1 amide bonds. The van der Waals surface area contributed by atoms with Gasteiger partial charge in [0.1, 0.15) is 5.75 Å². The molecule has 6 heteroatoms. The van der Waals surface area contributed by atoms with Crippen molar-refractivity contribution in [1.82, 2.24) is 4.90 Å². The molecule has 19 heavy (non-hydrogen) atoms. The van der Waals surface area contributed by atoms with Crippen molar-refractivity contribution in [2.45, 2.75) is 12.5 Å². The van der Waals surface area contributed by atoms with E-state index in [9.17, 15) is 9.59 Å². The Morgan fingerprint density at radius 2 is 2.21 bits per heavy atom. The Morgan fingerprint density at radius 3 is 2.79 bits per heavy atom. The molecule has 102 valence electrons. The average Bonchev–Trinajstić information content (AvgIpc) is 2.71. The number of likely N-dealkylation sites (N-methyl/N-ethyl adjacent to an activating group) is 1. The second-order valence-electron chi connectivity index (χ2n) is 4.40. The van der Waals surface area contributed by atoms with Crippen molar-refractivity contribution in [2.75, 3.05) is 26.4 Å². The van der Waals surface area contributed by atoms with Crippen LogP contribution in [0.4, 0.5) is 5.69 Å². The molecule has 0 aliphatic carbocycles. The van der Waals surface area contributed by atoms with Gasteiger partial charge in [-0.15, -0.1) is 0 Å². The minimum Gasteiger partial charge on any atom is -0.497 e. The van der Waals surface area contributed by atoms with Crippen LogP contribution in [0, 0.1) is 0 Å². The van der Waals surface area contributed by atoms with E-state index in [2.05, 4.69) is 0 Å². The summed E-state index contributed by atoms with van der Waals surface area (Å²) in [4.78, 5) is 25.2. The summed E-state index contributed by atoms with van der Waals surface area (Å²) >= 11 is 0. The molecule has 1 unspecified atom stereocenters. The van der Waals surface area contributed by atoms with Crippen LogP contribution >= 0.6 is 0 Å². The number of hydrogen-bond donors (Lipinski definition) is 1. The summed E-state index contributed by atoms with van der Waals surface area (Å²) in [6.07, 6.45) is -0.214. The number of ether oxygens (including phenoxy) is 2. The summed E-state index contributed by atoms with van der Waals surface area (Å²) in [5.74, 6) is -0.282. The number of esters is 1. The predicted molar refractivity (Wildman–Crippen MR) is 68.9 cm³/mol. The summed E-state index contributed by atoms with van der Waals surface area (Å²) in [7, 11) is 3.17. The van der Waals surface area contributed by atoms with E-state index < -0.39 is 12.1 Å². The van der Waals surface area contributed by atoms with E-state index in [1.165, 1.54) is 18.1 Å². The Labute approximate surface area is 111 Å². The monoisotopic (exact) mass is 264 g/mol. The standard InChI is InChI=1S/C13H16N2O4/c1-15-6-5-11(12(15)16)19-13(17)9-7-8(18-2)3-4-10(9)14/h3-4,7,11H,5-6,14H2,1-2H3. The Balaban J connectivity index is 2.14. The average molecular weight is 264 g/mol. The van der Waals surface area contributed by atoms with E-state index in [-0.39, 0.29) is 11.5 Å². The number of carbonyl (C=O) groups excluding carboxylic acids is 2. The van der Waals surface area contributed by atoms with Gasteiger partial charge in [0.2, 0.25) is 0 Å². The highest BCUT2D eigenvalue weighted by molar-refractivity contribution is 5.97. The van der Waals surface area contributed by atoms with Crippen LogP contribution in [0.3, 0.4) is 0 Å². The molecule has 2 N–H and O–H groups in total. The molecule has 1 heterocycles. The van der Waals surface area contributed by atoms with Gasteiger partial charge in [0.05, 0.1) is 12.7 Å². The maximum absolute atomic E-state index is 12.0. The third-order valence-corrected chi connectivity index (χ3v) is 3.11. The lowest BCUT2D eigenvalue weighted by molar-refractivity contribution is -0.133. The van der Waals surface area contributed by atoms with Gasteiger partial charge in [-0.3, -0.25) is 4.79 Å². The number of benzene rings is 1. The zero-order chi connectivity index (χ0) is 14.0. The summed E-state index contributed by atoms with van der Waals surface area (Å²) in [5.41, 5.74) is 6.24. The van der Waals surface area contributed by atoms with Crippen molar-refractivity contribution in [3.8, 4) is 5.75 Å². The molecular weight excluding hydrogens is 248 g/mol. The van der Waals surface area contributed by atoms with Gasteiger partial charge in [-0.05, 0) is 18.2 Å². The molecule has 1 aromatic rings. The first kappa shape index (κ1) is 13.2. The number of rotatable bonds is 3. The number of hydrogen-bond acceptors (Lipinski definition) is 5. The lowest BCUT2D eigenvalue weighted by Gasteiger charge is -2.13. The normalized spacial score (nSPS) is 18.5. The zero-order valence-electron chi connectivity index (χ0n) is 10.9.